The quantitative estimate of drug-likeness (QED) is 0.511. The molecule has 0 atom stereocenters. The summed E-state index contributed by atoms with van der Waals surface area (Å²) in [6.45, 7) is 3.24. The Labute approximate surface area is 121 Å². The summed E-state index contributed by atoms with van der Waals surface area (Å²) in [6.07, 6.45) is 1.83. The standard InChI is InChI=1S/C13H18N2O4S/c1-13(2,17)8-14(3)12(16)10-7-9(20-4)5-6-11(10)15(18)19/h5-7,17H,8H2,1-4H3. The van der Waals surface area contributed by atoms with Crippen molar-refractivity contribution in [3.8, 4) is 0 Å². The van der Waals surface area contributed by atoms with E-state index in [2.05, 4.69) is 0 Å². The molecule has 1 N–H and O–H groups in total. The molecule has 6 nitrogen and oxygen atoms in total. The van der Waals surface area contributed by atoms with Gasteiger partial charge in [0.25, 0.3) is 11.6 Å². The zero-order chi connectivity index (χ0) is 15.5. The summed E-state index contributed by atoms with van der Waals surface area (Å²) in [7, 11) is 1.51. The van der Waals surface area contributed by atoms with Gasteiger partial charge in [0.05, 0.1) is 10.5 Å². The Morgan fingerprint density at radius 2 is 2.10 bits per heavy atom. The number of carbonyl (C=O) groups is 1. The molecule has 1 aromatic rings. The number of hydrogen-bond donors (Lipinski definition) is 1. The fourth-order valence-corrected chi connectivity index (χ4v) is 2.27. The predicted octanol–water partition coefficient (Wildman–Crippen LogP) is 2.16. The second-order valence-electron chi connectivity index (χ2n) is 5.11. The first-order valence-electron chi connectivity index (χ1n) is 5.96. The van der Waals surface area contributed by atoms with E-state index in [-0.39, 0.29) is 17.8 Å². The lowest BCUT2D eigenvalue weighted by Crippen LogP contribution is -2.39. The number of rotatable bonds is 5. The zero-order valence-corrected chi connectivity index (χ0v) is 12.7. The maximum absolute atomic E-state index is 12.3. The number of nitrogens with zero attached hydrogens (tertiary/aromatic N) is 2. The maximum atomic E-state index is 12.3. The predicted molar refractivity (Wildman–Crippen MR) is 78.1 cm³/mol. The fourth-order valence-electron chi connectivity index (χ4n) is 1.83. The summed E-state index contributed by atoms with van der Waals surface area (Å²) in [5, 5.41) is 20.7. The molecule has 0 aliphatic heterocycles. The van der Waals surface area contributed by atoms with Gasteiger partial charge in [-0.1, -0.05) is 0 Å². The molecule has 0 aromatic heterocycles. The summed E-state index contributed by atoms with van der Waals surface area (Å²) in [5.41, 5.74) is -1.25. The molecule has 20 heavy (non-hydrogen) atoms. The minimum Gasteiger partial charge on any atom is -0.389 e. The SMILES string of the molecule is CSc1ccc([N+](=O)[O-])c(C(=O)N(C)CC(C)(C)O)c1. The molecule has 0 saturated carbocycles. The molecular weight excluding hydrogens is 280 g/mol. The van der Waals surface area contributed by atoms with E-state index >= 15 is 0 Å². The highest BCUT2D eigenvalue weighted by molar-refractivity contribution is 7.98. The van der Waals surface area contributed by atoms with Crippen molar-refractivity contribution in [1.82, 2.24) is 4.90 Å². The van der Waals surface area contributed by atoms with Crippen molar-refractivity contribution >= 4 is 23.4 Å². The van der Waals surface area contributed by atoms with Crippen LogP contribution in [0.2, 0.25) is 0 Å². The van der Waals surface area contributed by atoms with Crippen molar-refractivity contribution in [3.63, 3.8) is 0 Å². The molecule has 0 aliphatic rings. The van der Waals surface area contributed by atoms with E-state index in [1.54, 1.807) is 19.9 Å². The van der Waals surface area contributed by atoms with Crippen LogP contribution in [-0.2, 0) is 0 Å². The van der Waals surface area contributed by atoms with E-state index in [1.807, 2.05) is 6.26 Å². The van der Waals surface area contributed by atoms with Crippen LogP contribution in [0.5, 0.6) is 0 Å². The summed E-state index contributed by atoms with van der Waals surface area (Å²) >= 11 is 1.40. The highest BCUT2D eigenvalue weighted by atomic mass is 32.2. The van der Waals surface area contributed by atoms with Gasteiger partial charge in [-0.3, -0.25) is 14.9 Å². The van der Waals surface area contributed by atoms with Crippen molar-refractivity contribution in [3.05, 3.63) is 33.9 Å². The van der Waals surface area contributed by atoms with Crippen LogP contribution in [0.3, 0.4) is 0 Å². The zero-order valence-electron chi connectivity index (χ0n) is 11.9. The van der Waals surface area contributed by atoms with Gasteiger partial charge in [-0.25, -0.2) is 0 Å². The van der Waals surface area contributed by atoms with Crippen molar-refractivity contribution in [1.29, 1.82) is 0 Å². The Morgan fingerprint density at radius 1 is 1.50 bits per heavy atom. The number of carbonyl (C=O) groups excluding carboxylic acids is 1. The van der Waals surface area contributed by atoms with E-state index in [0.29, 0.717) is 0 Å². The van der Waals surface area contributed by atoms with Crippen molar-refractivity contribution in [2.24, 2.45) is 0 Å². The molecule has 0 bridgehead atoms. The van der Waals surface area contributed by atoms with Gasteiger partial charge in [0.1, 0.15) is 5.56 Å². The first-order chi connectivity index (χ1) is 9.15. The smallest absolute Gasteiger partial charge is 0.282 e. The van der Waals surface area contributed by atoms with Crippen molar-refractivity contribution in [2.75, 3.05) is 19.8 Å². The number of nitro groups is 1. The average molecular weight is 298 g/mol. The second kappa shape index (κ2) is 6.23. The minimum atomic E-state index is -1.06. The molecule has 1 aromatic carbocycles. The van der Waals surface area contributed by atoms with E-state index in [0.717, 1.165) is 4.90 Å². The number of nitro benzene ring substituents is 1. The molecule has 1 rings (SSSR count). The van der Waals surface area contributed by atoms with Gasteiger partial charge in [0, 0.05) is 24.6 Å². The van der Waals surface area contributed by atoms with Crippen LogP contribution in [0.15, 0.2) is 23.1 Å². The topological polar surface area (TPSA) is 83.7 Å². The lowest BCUT2D eigenvalue weighted by molar-refractivity contribution is -0.385. The van der Waals surface area contributed by atoms with Crippen molar-refractivity contribution < 1.29 is 14.8 Å². The monoisotopic (exact) mass is 298 g/mol. The van der Waals surface area contributed by atoms with Crippen molar-refractivity contribution in [2.45, 2.75) is 24.3 Å². The highest BCUT2D eigenvalue weighted by Crippen LogP contribution is 2.26. The number of hydrogen-bond acceptors (Lipinski definition) is 5. The Hall–Kier alpha value is -1.60. The molecule has 0 fully saturated rings. The summed E-state index contributed by atoms with van der Waals surface area (Å²) in [5.74, 6) is -0.477. The summed E-state index contributed by atoms with van der Waals surface area (Å²) in [6, 6.07) is 4.44. The van der Waals surface area contributed by atoms with E-state index < -0.39 is 16.4 Å². The fraction of sp³-hybridized carbons (Fsp3) is 0.462. The Balaban J connectivity index is 3.16. The van der Waals surface area contributed by atoms with Crippen LogP contribution in [0, 0.1) is 10.1 Å². The molecule has 0 spiro atoms. The van der Waals surface area contributed by atoms with Crippen LogP contribution >= 0.6 is 11.8 Å². The number of benzene rings is 1. The minimum absolute atomic E-state index is 0.0357. The van der Waals surface area contributed by atoms with Crippen LogP contribution in [0.1, 0.15) is 24.2 Å². The lowest BCUT2D eigenvalue weighted by Gasteiger charge is -2.25. The molecule has 0 unspecified atom stereocenters. The maximum Gasteiger partial charge on any atom is 0.282 e. The van der Waals surface area contributed by atoms with Crippen LogP contribution < -0.4 is 0 Å². The molecule has 0 radical (unpaired) electrons. The third-order valence-electron chi connectivity index (χ3n) is 2.60. The molecule has 110 valence electrons. The Morgan fingerprint density at radius 3 is 2.55 bits per heavy atom. The third kappa shape index (κ3) is 4.21. The average Bonchev–Trinajstić information content (AvgIpc) is 2.34. The van der Waals surface area contributed by atoms with Gasteiger partial charge in [0.2, 0.25) is 0 Å². The first kappa shape index (κ1) is 16.5. The van der Waals surface area contributed by atoms with Gasteiger partial charge >= 0.3 is 0 Å². The number of aliphatic hydroxyl groups is 1. The van der Waals surface area contributed by atoms with E-state index in [1.165, 1.54) is 35.8 Å². The van der Waals surface area contributed by atoms with Gasteiger partial charge in [-0.05, 0) is 32.2 Å². The first-order valence-corrected chi connectivity index (χ1v) is 7.18. The van der Waals surface area contributed by atoms with Gasteiger partial charge < -0.3 is 10.0 Å². The normalized spacial score (nSPS) is 11.2. The molecule has 0 saturated heterocycles. The third-order valence-corrected chi connectivity index (χ3v) is 3.33. The Bertz CT molecular complexity index is 526. The van der Waals surface area contributed by atoms with Gasteiger partial charge in [0.15, 0.2) is 0 Å². The highest BCUT2D eigenvalue weighted by Gasteiger charge is 2.26. The molecule has 0 aliphatic carbocycles. The van der Waals surface area contributed by atoms with E-state index in [9.17, 15) is 20.0 Å². The molecule has 7 heteroatoms. The van der Waals surface area contributed by atoms with E-state index in [4.69, 9.17) is 0 Å². The van der Waals surface area contributed by atoms with Crippen LogP contribution in [-0.4, -0.2) is 46.3 Å². The largest absolute Gasteiger partial charge is 0.389 e. The summed E-state index contributed by atoms with van der Waals surface area (Å²) < 4.78 is 0. The second-order valence-corrected chi connectivity index (χ2v) is 5.99. The molecular formula is C13H18N2O4S. The number of amides is 1. The van der Waals surface area contributed by atoms with Crippen LogP contribution in [0.4, 0.5) is 5.69 Å². The van der Waals surface area contributed by atoms with Gasteiger partial charge in [-0.15, -0.1) is 11.8 Å². The van der Waals surface area contributed by atoms with Gasteiger partial charge in [-0.2, -0.15) is 0 Å². The van der Waals surface area contributed by atoms with Crippen LogP contribution in [0.25, 0.3) is 0 Å². The molecule has 0 heterocycles. The molecule has 1 amide bonds. The lowest BCUT2D eigenvalue weighted by atomic mass is 10.1. The summed E-state index contributed by atoms with van der Waals surface area (Å²) in [4.78, 5) is 24.8. The number of thioether (sulfide) groups is 1. The Kier molecular flexibility index (Phi) is 5.13. The number of likely N-dealkylation sites (N-methyl/N-ethyl adjacent to an activating group) is 1.